The Kier molecular flexibility index (Phi) is 5.32. The topological polar surface area (TPSA) is 73.3 Å². The van der Waals surface area contributed by atoms with Crippen LogP contribution in [0.4, 0.5) is 11.4 Å². The van der Waals surface area contributed by atoms with Gasteiger partial charge >= 0.3 is 0 Å². The van der Waals surface area contributed by atoms with Crippen molar-refractivity contribution in [2.75, 3.05) is 10.2 Å². The van der Waals surface area contributed by atoms with Crippen LogP contribution in [0.1, 0.15) is 6.42 Å². The monoisotopic (exact) mass is 393 g/mol. The molecule has 25 heavy (non-hydrogen) atoms. The van der Waals surface area contributed by atoms with Crippen LogP contribution < -0.4 is 10.2 Å². The number of anilines is 2. The molecule has 0 aromatic heterocycles. The number of rotatable bonds is 4. The minimum absolute atomic E-state index is 0.0727. The fourth-order valence-electron chi connectivity index (χ4n) is 2.41. The van der Waals surface area contributed by atoms with E-state index in [4.69, 9.17) is 28.6 Å². The Bertz CT molecular complexity index is 825. The van der Waals surface area contributed by atoms with Crippen molar-refractivity contribution in [1.29, 1.82) is 5.41 Å². The molecular formula is C17H13Cl2N3O2S. The fraction of sp³-hybridized carbons (Fsp3) is 0.118. The molecule has 1 heterocycles. The summed E-state index contributed by atoms with van der Waals surface area (Å²) in [6.45, 7) is 0. The maximum Gasteiger partial charge on any atom is 0.247 e. The van der Waals surface area contributed by atoms with Crippen LogP contribution in [-0.2, 0) is 9.59 Å². The second-order valence-electron chi connectivity index (χ2n) is 5.27. The van der Waals surface area contributed by atoms with E-state index in [1.165, 1.54) is 4.90 Å². The first-order valence-electron chi connectivity index (χ1n) is 7.35. The van der Waals surface area contributed by atoms with E-state index in [0.29, 0.717) is 21.4 Å². The normalized spacial score (nSPS) is 17.0. The van der Waals surface area contributed by atoms with Crippen LogP contribution in [0.2, 0.25) is 10.0 Å². The zero-order valence-corrected chi connectivity index (χ0v) is 15.2. The van der Waals surface area contributed by atoms with E-state index in [1.54, 1.807) is 42.5 Å². The highest BCUT2D eigenvalue weighted by Crippen LogP contribution is 2.34. The molecule has 1 aliphatic rings. The number of thioether (sulfide) groups is 1. The van der Waals surface area contributed by atoms with E-state index in [0.717, 1.165) is 11.8 Å². The predicted molar refractivity (Wildman–Crippen MR) is 103 cm³/mol. The van der Waals surface area contributed by atoms with Gasteiger partial charge in [-0.15, -0.1) is 0 Å². The fourth-order valence-corrected chi connectivity index (χ4v) is 3.91. The van der Waals surface area contributed by atoms with Crippen molar-refractivity contribution in [3.8, 4) is 0 Å². The van der Waals surface area contributed by atoms with Gasteiger partial charge in [-0.1, -0.05) is 59.2 Å². The zero-order valence-electron chi connectivity index (χ0n) is 12.8. The summed E-state index contributed by atoms with van der Waals surface area (Å²) in [7, 11) is 0. The average molecular weight is 394 g/mol. The SMILES string of the molecule is N=C1SC(CC(=O)Nc2c(Cl)cccc2Cl)C(=O)N1c1ccccc1. The summed E-state index contributed by atoms with van der Waals surface area (Å²) in [5.74, 6) is -0.676. The van der Waals surface area contributed by atoms with Crippen molar-refractivity contribution in [3.05, 3.63) is 58.6 Å². The van der Waals surface area contributed by atoms with E-state index in [-0.39, 0.29) is 23.4 Å². The lowest BCUT2D eigenvalue weighted by Gasteiger charge is -2.15. The summed E-state index contributed by atoms with van der Waals surface area (Å²) in [6, 6.07) is 13.8. The summed E-state index contributed by atoms with van der Waals surface area (Å²) >= 11 is 13.1. The molecule has 2 aromatic rings. The molecule has 0 bridgehead atoms. The minimum atomic E-state index is -0.658. The molecule has 1 fully saturated rings. The molecule has 0 aliphatic carbocycles. The molecule has 128 valence electrons. The molecule has 0 spiro atoms. The first kappa shape index (κ1) is 17.8. The van der Waals surface area contributed by atoms with Crippen LogP contribution >= 0.6 is 35.0 Å². The number of carbonyl (C=O) groups is 2. The smallest absolute Gasteiger partial charge is 0.247 e. The van der Waals surface area contributed by atoms with Crippen molar-refractivity contribution in [2.45, 2.75) is 11.7 Å². The van der Waals surface area contributed by atoms with Crippen molar-refractivity contribution >= 4 is 63.3 Å². The number of amides is 2. The summed E-state index contributed by atoms with van der Waals surface area (Å²) in [5.41, 5.74) is 0.934. The van der Waals surface area contributed by atoms with Crippen LogP contribution in [0.5, 0.6) is 0 Å². The lowest BCUT2D eigenvalue weighted by atomic mass is 10.2. The third kappa shape index (κ3) is 3.81. The summed E-state index contributed by atoms with van der Waals surface area (Å²) in [4.78, 5) is 26.2. The number of hydrogen-bond donors (Lipinski definition) is 2. The van der Waals surface area contributed by atoms with Gasteiger partial charge in [-0.2, -0.15) is 0 Å². The van der Waals surface area contributed by atoms with Crippen molar-refractivity contribution in [1.82, 2.24) is 0 Å². The van der Waals surface area contributed by atoms with Gasteiger partial charge in [0.2, 0.25) is 11.8 Å². The second kappa shape index (κ2) is 7.47. The highest BCUT2D eigenvalue weighted by molar-refractivity contribution is 8.16. The van der Waals surface area contributed by atoms with Crippen LogP contribution in [0.15, 0.2) is 48.5 Å². The highest BCUT2D eigenvalue weighted by Gasteiger charge is 2.39. The number of benzene rings is 2. The predicted octanol–water partition coefficient (Wildman–Crippen LogP) is 4.41. The summed E-state index contributed by atoms with van der Waals surface area (Å²) in [5, 5.41) is 10.8. The molecule has 8 heteroatoms. The molecule has 0 saturated carbocycles. The van der Waals surface area contributed by atoms with Crippen molar-refractivity contribution in [2.24, 2.45) is 0 Å². The Labute approximate surface area is 158 Å². The average Bonchev–Trinajstić information content (AvgIpc) is 2.85. The minimum Gasteiger partial charge on any atom is -0.323 e. The van der Waals surface area contributed by atoms with Crippen LogP contribution in [0.3, 0.4) is 0 Å². The molecular weight excluding hydrogens is 381 g/mol. The maximum absolute atomic E-state index is 12.6. The first-order chi connectivity index (χ1) is 12.0. The molecule has 2 N–H and O–H groups in total. The summed E-state index contributed by atoms with van der Waals surface area (Å²) < 4.78 is 0. The second-order valence-corrected chi connectivity index (χ2v) is 7.28. The maximum atomic E-state index is 12.6. The van der Waals surface area contributed by atoms with Crippen molar-refractivity contribution in [3.63, 3.8) is 0 Å². The Hall–Kier alpha value is -2.02. The van der Waals surface area contributed by atoms with E-state index < -0.39 is 5.25 Å². The molecule has 2 amide bonds. The van der Waals surface area contributed by atoms with Gasteiger partial charge in [0.15, 0.2) is 5.17 Å². The van der Waals surface area contributed by atoms with Gasteiger partial charge in [0.25, 0.3) is 0 Å². The van der Waals surface area contributed by atoms with Crippen LogP contribution in [0.25, 0.3) is 0 Å². The molecule has 2 aromatic carbocycles. The Morgan fingerprint density at radius 1 is 1.12 bits per heavy atom. The van der Waals surface area contributed by atoms with E-state index in [2.05, 4.69) is 5.32 Å². The summed E-state index contributed by atoms with van der Waals surface area (Å²) in [6.07, 6.45) is -0.0727. The number of hydrogen-bond acceptors (Lipinski definition) is 4. The molecule has 1 saturated heterocycles. The lowest BCUT2D eigenvalue weighted by molar-refractivity contribution is -0.121. The van der Waals surface area contributed by atoms with Gasteiger partial charge in [0.1, 0.15) is 5.25 Å². The lowest BCUT2D eigenvalue weighted by Crippen LogP contribution is -2.33. The number of carbonyl (C=O) groups excluding carboxylic acids is 2. The number of para-hydroxylation sites is 2. The molecule has 1 unspecified atom stereocenters. The van der Waals surface area contributed by atoms with E-state index >= 15 is 0 Å². The van der Waals surface area contributed by atoms with Gasteiger partial charge in [-0.25, -0.2) is 0 Å². The Balaban J connectivity index is 1.70. The van der Waals surface area contributed by atoms with Crippen LogP contribution in [-0.4, -0.2) is 22.2 Å². The number of nitrogens with one attached hydrogen (secondary N) is 2. The van der Waals surface area contributed by atoms with Crippen molar-refractivity contribution < 1.29 is 9.59 Å². The Morgan fingerprint density at radius 2 is 1.76 bits per heavy atom. The molecule has 1 aliphatic heterocycles. The molecule has 0 radical (unpaired) electrons. The first-order valence-corrected chi connectivity index (χ1v) is 8.99. The zero-order chi connectivity index (χ0) is 18.0. The van der Waals surface area contributed by atoms with E-state index in [9.17, 15) is 9.59 Å². The quantitative estimate of drug-likeness (QED) is 0.807. The van der Waals surface area contributed by atoms with Crippen LogP contribution in [0, 0.1) is 5.41 Å². The van der Waals surface area contributed by atoms with E-state index in [1.807, 2.05) is 6.07 Å². The Morgan fingerprint density at radius 3 is 2.40 bits per heavy atom. The molecule has 3 rings (SSSR count). The highest BCUT2D eigenvalue weighted by atomic mass is 35.5. The third-order valence-corrected chi connectivity index (χ3v) is 5.25. The molecule has 1 atom stereocenters. The van der Waals surface area contributed by atoms with Gasteiger partial charge in [-0.05, 0) is 24.3 Å². The third-order valence-electron chi connectivity index (χ3n) is 3.57. The van der Waals surface area contributed by atoms with Gasteiger partial charge in [0, 0.05) is 6.42 Å². The van der Waals surface area contributed by atoms with Gasteiger partial charge in [0.05, 0.1) is 21.4 Å². The number of amidine groups is 1. The van der Waals surface area contributed by atoms with Gasteiger partial charge < -0.3 is 5.32 Å². The molecule has 5 nitrogen and oxygen atoms in total. The number of halogens is 2. The standard InChI is InChI=1S/C17H13Cl2N3O2S/c18-11-7-4-8-12(19)15(11)21-14(23)9-13-16(24)22(17(20)25-13)10-5-2-1-3-6-10/h1-8,13,20H,9H2,(H,21,23). The largest absolute Gasteiger partial charge is 0.323 e. The van der Waals surface area contributed by atoms with Gasteiger partial charge in [-0.3, -0.25) is 19.9 Å². The number of nitrogens with zero attached hydrogens (tertiary/aromatic N) is 1.